The van der Waals surface area contributed by atoms with Crippen molar-refractivity contribution in [3.05, 3.63) is 34.6 Å². The van der Waals surface area contributed by atoms with E-state index < -0.39 is 0 Å². The first-order valence-corrected chi connectivity index (χ1v) is 7.45. The molecule has 2 nitrogen and oxygen atoms in total. The van der Waals surface area contributed by atoms with Gasteiger partial charge in [-0.2, -0.15) is 0 Å². The van der Waals surface area contributed by atoms with Gasteiger partial charge in [0.05, 0.1) is 11.1 Å². The molecule has 1 fully saturated rings. The monoisotopic (exact) mass is 284 g/mol. The van der Waals surface area contributed by atoms with Crippen LogP contribution in [0, 0.1) is 17.7 Å². The third kappa shape index (κ3) is 3.28. The second-order valence-electron chi connectivity index (χ2n) is 5.49. The molecule has 0 aliphatic heterocycles. The minimum atomic E-state index is -0.373. The van der Waals surface area contributed by atoms with E-state index in [-0.39, 0.29) is 16.9 Å². The lowest BCUT2D eigenvalue weighted by Crippen LogP contribution is -2.36. The van der Waals surface area contributed by atoms with Crippen LogP contribution in [0.5, 0.6) is 0 Å². The normalized spacial score (nSPS) is 25.3. The summed E-state index contributed by atoms with van der Waals surface area (Å²) in [7, 11) is 0. The molecule has 19 heavy (non-hydrogen) atoms. The Labute approximate surface area is 119 Å². The fourth-order valence-corrected chi connectivity index (χ4v) is 3.49. The van der Waals surface area contributed by atoms with Crippen LogP contribution in [-0.4, -0.2) is 0 Å². The number of hydrazine groups is 1. The quantitative estimate of drug-likeness (QED) is 0.642. The highest BCUT2D eigenvalue weighted by atomic mass is 35.5. The van der Waals surface area contributed by atoms with E-state index >= 15 is 0 Å². The molecule has 3 unspecified atom stereocenters. The molecule has 3 N–H and O–H groups in total. The van der Waals surface area contributed by atoms with Gasteiger partial charge >= 0.3 is 0 Å². The predicted octanol–water partition coefficient (Wildman–Crippen LogP) is 4.20. The fraction of sp³-hybridized carbons (Fsp3) is 0.600. The molecule has 0 heterocycles. The zero-order valence-electron chi connectivity index (χ0n) is 11.3. The Morgan fingerprint density at radius 1 is 1.47 bits per heavy atom. The van der Waals surface area contributed by atoms with Crippen molar-refractivity contribution < 1.29 is 4.39 Å². The average molecular weight is 285 g/mol. The molecule has 1 aliphatic rings. The van der Waals surface area contributed by atoms with E-state index in [9.17, 15) is 4.39 Å². The summed E-state index contributed by atoms with van der Waals surface area (Å²) in [5.74, 6) is 6.52. The van der Waals surface area contributed by atoms with Crippen LogP contribution < -0.4 is 11.3 Å². The number of benzene rings is 1. The summed E-state index contributed by atoms with van der Waals surface area (Å²) in [4.78, 5) is 0. The maximum Gasteiger partial charge on any atom is 0.142 e. The highest BCUT2D eigenvalue weighted by Crippen LogP contribution is 2.40. The van der Waals surface area contributed by atoms with Gasteiger partial charge in [-0.05, 0) is 36.3 Å². The van der Waals surface area contributed by atoms with Crippen molar-refractivity contribution in [2.45, 2.75) is 45.1 Å². The van der Waals surface area contributed by atoms with Gasteiger partial charge in [0, 0.05) is 0 Å². The van der Waals surface area contributed by atoms with Gasteiger partial charge in [-0.3, -0.25) is 11.3 Å². The van der Waals surface area contributed by atoms with Crippen molar-refractivity contribution in [2.75, 3.05) is 0 Å². The van der Waals surface area contributed by atoms with E-state index in [1.165, 1.54) is 25.3 Å². The first-order chi connectivity index (χ1) is 9.17. The summed E-state index contributed by atoms with van der Waals surface area (Å²) in [6, 6.07) is 4.89. The van der Waals surface area contributed by atoms with Crippen LogP contribution in [0.15, 0.2) is 18.2 Å². The number of nitrogens with two attached hydrogens (primary N) is 1. The largest absolute Gasteiger partial charge is 0.271 e. The summed E-state index contributed by atoms with van der Waals surface area (Å²) in [6.45, 7) is 2.23. The van der Waals surface area contributed by atoms with Crippen LogP contribution in [0.25, 0.3) is 0 Å². The Hall–Kier alpha value is -0.640. The van der Waals surface area contributed by atoms with Crippen LogP contribution >= 0.6 is 11.6 Å². The van der Waals surface area contributed by atoms with Crippen molar-refractivity contribution in [1.82, 2.24) is 5.43 Å². The molecule has 1 aromatic rings. The van der Waals surface area contributed by atoms with E-state index in [1.54, 1.807) is 6.07 Å². The third-order valence-corrected chi connectivity index (χ3v) is 4.77. The molecular weight excluding hydrogens is 263 g/mol. The lowest BCUT2D eigenvalue weighted by Gasteiger charge is -2.34. The summed E-state index contributed by atoms with van der Waals surface area (Å²) in [6.07, 6.45) is 5.97. The maximum atomic E-state index is 13.6. The minimum absolute atomic E-state index is 0.0578. The highest BCUT2D eigenvalue weighted by Gasteiger charge is 2.29. The molecule has 2 rings (SSSR count). The molecule has 3 atom stereocenters. The standard InChI is InChI=1S/C15H22ClFN2/c1-2-10-5-3-6-11(9-10)15(19-18)12-7-4-8-13(17)14(12)16/h4,7-8,10-11,15,19H,2-3,5-6,9,18H2,1H3. The van der Waals surface area contributed by atoms with Gasteiger partial charge in [0.2, 0.25) is 0 Å². The Morgan fingerprint density at radius 3 is 2.95 bits per heavy atom. The van der Waals surface area contributed by atoms with Gasteiger partial charge < -0.3 is 0 Å². The summed E-state index contributed by atoms with van der Waals surface area (Å²) in [5.41, 5.74) is 3.63. The van der Waals surface area contributed by atoms with Crippen molar-refractivity contribution in [2.24, 2.45) is 17.7 Å². The van der Waals surface area contributed by atoms with Crippen LogP contribution in [0.4, 0.5) is 4.39 Å². The molecule has 0 bridgehead atoms. The average Bonchev–Trinajstić information content (AvgIpc) is 2.44. The topological polar surface area (TPSA) is 38.0 Å². The molecule has 1 aliphatic carbocycles. The van der Waals surface area contributed by atoms with Gasteiger partial charge in [-0.15, -0.1) is 0 Å². The third-order valence-electron chi connectivity index (χ3n) is 4.37. The predicted molar refractivity (Wildman–Crippen MR) is 77.2 cm³/mol. The van der Waals surface area contributed by atoms with Gasteiger partial charge in [0.25, 0.3) is 0 Å². The molecular formula is C15H22ClFN2. The van der Waals surface area contributed by atoms with Crippen LogP contribution in [0.2, 0.25) is 5.02 Å². The Kier molecular flexibility index (Phi) is 5.20. The van der Waals surface area contributed by atoms with Gasteiger partial charge in [0.1, 0.15) is 5.82 Å². The van der Waals surface area contributed by atoms with Crippen LogP contribution in [0.3, 0.4) is 0 Å². The smallest absolute Gasteiger partial charge is 0.142 e. The number of halogens is 2. The minimum Gasteiger partial charge on any atom is -0.271 e. The van der Waals surface area contributed by atoms with Crippen LogP contribution in [-0.2, 0) is 0 Å². The lowest BCUT2D eigenvalue weighted by atomic mass is 9.75. The first-order valence-electron chi connectivity index (χ1n) is 7.07. The maximum absolute atomic E-state index is 13.6. The first kappa shape index (κ1) is 14.8. The fourth-order valence-electron chi connectivity index (χ4n) is 3.25. The highest BCUT2D eigenvalue weighted by molar-refractivity contribution is 6.31. The molecule has 1 saturated carbocycles. The van der Waals surface area contributed by atoms with E-state index in [1.807, 2.05) is 6.07 Å². The lowest BCUT2D eigenvalue weighted by molar-refractivity contribution is 0.210. The SMILES string of the molecule is CCC1CCCC(C(NN)c2cccc(F)c2Cl)C1. The zero-order chi connectivity index (χ0) is 13.8. The molecule has 0 spiro atoms. The number of hydrogen-bond acceptors (Lipinski definition) is 2. The molecule has 4 heteroatoms. The number of nitrogens with one attached hydrogen (secondary N) is 1. The molecule has 106 valence electrons. The van der Waals surface area contributed by atoms with Crippen LogP contribution in [0.1, 0.15) is 50.6 Å². The van der Waals surface area contributed by atoms with E-state index in [4.69, 9.17) is 17.4 Å². The number of rotatable bonds is 4. The van der Waals surface area contributed by atoms with Gasteiger partial charge in [-0.1, -0.05) is 49.9 Å². The van der Waals surface area contributed by atoms with Crippen molar-refractivity contribution in [3.63, 3.8) is 0 Å². The van der Waals surface area contributed by atoms with E-state index in [2.05, 4.69) is 12.3 Å². The van der Waals surface area contributed by atoms with Crippen molar-refractivity contribution >= 4 is 11.6 Å². The van der Waals surface area contributed by atoms with E-state index in [0.29, 0.717) is 5.92 Å². The second kappa shape index (κ2) is 6.69. The summed E-state index contributed by atoms with van der Waals surface area (Å²) >= 11 is 6.09. The van der Waals surface area contributed by atoms with Crippen molar-refractivity contribution in [3.8, 4) is 0 Å². The summed E-state index contributed by atoms with van der Waals surface area (Å²) < 4.78 is 13.6. The Morgan fingerprint density at radius 2 is 2.26 bits per heavy atom. The molecule has 0 radical (unpaired) electrons. The Bertz CT molecular complexity index is 425. The summed E-state index contributed by atoms with van der Waals surface area (Å²) in [5, 5.41) is 0.198. The van der Waals surface area contributed by atoms with Gasteiger partial charge in [-0.25, -0.2) is 4.39 Å². The van der Waals surface area contributed by atoms with Gasteiger partial charge in [0.15, 0.2) is 0 Å². The molecule has 0 aromatic heterocycles. The molecule has 0 saturated heterocycles. The van der Waals surface area contributed by atoms with Crippen molar-refractivity contribution in [1.29, 1.82) is 0 Å². The second-order valence-corrected chi connectivity index (χ2v) is 5.87. The Balaban J connectivity index is 2.21. The molecule has 1 aromatic carbocycles. The molecule has 0 amide bonds. The number of hydrogen-bond donors (Lipinski definition) is 2. The zero-order valence-corrected chi connectivity index (χ0v) is 12.1. The van der Waals surface area contributed by atoms with E-state index in [0.717, 1.165) is 24.3 Å².